The van der Waals surface area contributed by atoms with Crippen molar-refractivity contribution in [2.24, 2.45) is 12.5 Å². The van der Waals surface area contributed by atoms with E-state index in [4.69, 9.17) is 4.74 Å². The van der Waals surface area contributed by atoms with Gasteiger partial charge in [-0.25, -0.2) is 0 Å². The van der Waals surface area contributed by atoms with Crippen LogP contribution in [0, 0.1) is 5.41 Å². The predicted octanol–water partition coefficient (Wildman–Crippen LogP) is 1.69. The van der Waals surface area contributed by atoms with Crippen LogP contribution in [0.2, 0.25) is 0 Å². The Morgan fingerprint density at radius 1 is 1.59 bits per heavy atom. The second-order valence-electron chi connectivity index (χ2n) is 4.82. The average molecular weight is 303 g/mol. The maximum absolute atomic E-state index is 9.60. The third-order valence-electron chi connectivity index (χ3n) is 3.57. The van der Waals surface area contributed by atoms with Gasteiger partial charge in [-0.3, -0.25) is 4.68 Å². The highest BCUT2D eigenvalue weighted by molar-refractivity contribution is 9.10. The number of hydrogen-bond donors (Lipinski definition) is 1. The molecule has 0 aromatic carbocycles. The van der Waals surface area contributed by atoms with Crippen molar-refractivity contribution < 1.29 is 9.84 Å². The second-order valence-corrected chi connectivity index (χ2v) is 5.62. The summed E-state index contributed by atoms with van der Waals surface area (Å²) in [6.07, 6.45) is 2.65. The van der Waals surface area contributed by atoms with E-state index in [-0.39, 0.29) is 12.0 Å². The lowest BCUT2D eigenvalue weighted by Crippen LogP contribution is -2.29. The summed E-state index contributed by atoms with van der Waals surface area (Å²) < 4.78 is 8.43. The van der Waals surface area contributed by atoms with E-state index in [0.29, 0.717) is 6.61 Å². The highest BCUT2D eigenvalue weighted by Gasteiger charge is 2.36. The highest BCUT2D eigenvalue weighted by atomic mass is 79.9. The van der Waals surface area contributed by atoms with Crippen LogP contribution in [0.3, 0.4) is 0 Å². The number of rotatable bonds is 4. The molecule has 5 heteroatoms. The minimum Gasteiger partial charge on any atom is -0.396 e. The first-order valence-electron chi connectivity index (χ1n) is 6.01. The fraction of sp³-hybridized carbons (Fsp3) is 0.750. The van der Waals surface area contributed by atoms with Gasteiger partial charge in [0, 0.05) is 25.5 Å². The Labute approximate surface area is 110 Å². The first-order chi connectivity index (χ1) is 8.12. The summed E-state index contributed by atoms with van der Waals surface area (Å²) in [6.45, 7) is 3.66. The molecule has 0 saturated carbocycles. The van der Waals surface area contributed by atoms with Crippen molar-refractivity contribution in [2.75, 3.05) is 19.8 Å². The topological polar surface area (TPSA) is 47.3 Å². The molecule has 0 radical (unpaired) electrons. The molecule has 0 bridgehead atoms. The van der Waals surface area contributed by atoms with Crippen molar-refractivity contribution in [1.82, 2.24) is 9.78 Å². The molecule has 0 spiro atoms. The van der Waals surface area contributed by atoms with Crippen molar-refractivity contribution >= 4 is 15.9 Å². The molecule has 1 fully saturated rings. The van der Waals surface area contributed by atoms with Crippen LogP contribution in [0.25, 0.3) is 0 Å². The first kappa shape index (κ1) is 13.1. The van der Waals surface area contributed by atoms with Crippen LogP contribution >= 0.6 is 15.9 Å². The molecule has 0 aliphatic carbocycles. The Balaban J connectivity index is 2.25. The van der Waals surface area contributed by atoms with Gasteiger partial charge in [0.05, 0.1) is 29.1 Å². The summed E-state index contributed by atoms with van der Waals surface area (Å²) in [7, 11) is 1.96. The number of ether oxygens (including phenoxy) is 1. The Hall–Kier alpha value is -0.390. The summed E-state index contributed by atoms with van der Waals surface area (Å²) in [5.74, 6) is 0. The minimum absolute atomic E-state index is 0.124. The van der Waals surface area contributed by atoms with E-state index in [9.17, 15) is 5.11 Å². The van der Waals surface area contributed by atoms with Crippen LogP contribution in [-0.2, 0) is 24.6 Å². The van der Waals surface area contributed by atoms with Crippen LogP contribution in [0.4, 0.5) is 0 Å². The number of aliphatic hydroxyl groups excluding tert-OH is 1. The quantitative estimate of drug-likeness (QED) is 0.921. The van der Waals surface area contributed by atoms with Crippen molar-refractivity contribution in [3.8, 4) is 0 Å². The van der Waals surface area contributed by atoms with Gasteiger partial charge < -0.3 is 9.84 Å². The number of aliphatic hydroxyl groups is 1. The smallest absolute Gasteiger partial charge is 0.0766 e. The molecule has 2 heterocycles. The molecule has 1 saturated heterocycles. The van der Waals surface area contributed by atoms with E-state index in [1.165, 1.54) is 0 Å². The normalized spacial score (nSPS) is 24.5. The minimum atomic E-state index is -0.124. The zero-order valence-corrected chi connectivity index (χ0v) is 12.0. The molecular formula is C12H19BrN2O2. The van der Waals surface area contributed by atoms with Crippen molar-refractivity contribution in [1.29, 1.82) is 0 Å². The zero-order valence-electron chi connectivity index (χ0n) is 10.4. The second kappa shape index (κ2) is 5.08. The van der Waals surface area contributed by atoms with E-state index in [0.717, 1.165) is 41.7 Å². The van der Waals surface area contributed by atoms with Gasteiger partial charge in [0.1, 0.15) is 0 Å². The summed E-state index contributed by atoms with van der Waals surface area (Å²) in [6, 6.07) is 0. The molecule has 1 atom stereocenters. The van der Waals surface area contributed by atoms with Crippen LogP contribution in [0.5, 0.6) is 0 Å². The molecule has 1 unspecified atom stereocenters. The molecule has 1 aromatic heterocycles. The van der Waals surface area contributed by atoms with Gasteiger partial charge in [-0.2, -0.15) is 5.10 Å². The fourth-order valence-corrected chi connectivity index (χ4v) is 3.09. The van der Waals surface area contributed by atoms with Crippen LogP contribution in [0.1, 0.15) is 24.7 Å². The standard InChI is InChI=1S/C12H19BrN2O2/c1-3-9-11(13)10(15(2)14-9)6-12(7-16)4-5-17-8-12/h16H,3-8H2,1-2H3. The number of nitrogens with zero attached hydrogens (tertiary/aromatic N) is 2. The molecule has 0 amide bonds. The van der Waals surface area contributed by atoms with Crippen LogP contribution < -0.4 is 0 Å². The monoisotopic (exact) mass is 302 g/mol. The zero-order chi connectivity index (χ0) is 12.5. The molecule has 96 valence electrons. The van der Waals surface area contributed by atoms with Gasteiger partial charge in [0.2, 0.25) is 0 Å². The van der Waals surface area contributed by atoms with Crippen molar-refractivity contribution in [3.63, 3.8) is 0 Å². The van der Waals surface area contributed by atoms with E-state index < -0.39 is 0 Å². The Kier molecular flexibility index (Phi) is 3.90. The number of aryl methyl sites for hydroxylation is 2. The molecule has 1 aromatic rings. The molecule has 1 aliphatic rings. The third-order valence-corrected chi connectivity index (χ3v) is 4.48. The van der Waals surface area contributed by atoms with Gasteiger partial charge in [-0.05, 0) is 28.8 Å². The highest BCUT2D eigenvalue weighted by Crippen LogP contribution is 2.35. The Morgan fingerprint density at radius 2 is 2.35 bits per heavy atom. The van der Waals surface area contributed by atoms with Gasteiger partial charge in [-0.15, -0.1) is 0 Å². The van der Waals surface area contributed by atoms with Crippen LogP contribution in [0.15, 0.2) is 4.47 Å². The first-order valence-corrected chi connectivity index (χ1v) is 6.80. The third kappa shape index (κ3) is 2.41. The van der Waals surface area contributed by atoms with Gasteiger partial charge in [0.25, 0.3) is 0 Å². The molecule has 1 aliphatic heterocycles. The summed E-state index contributed by atoms with van der Waals surface area (Å²) >= 11 is 3.62. The van der Waals surface area contributed by atoms with Crippen molar-refractivity contribution in [2.45, 2.75) is 26.2 Å². The Bertz CT molecular complexity index is 397. The molecule has 17 heavy (non-hydrogen) atoms. The van der Waals surface area contributed by atoms with Gasteiger partial charge >= 0.3 is 0 Å². The maximum Gasteiger partial charge on any atom is 0.0766 e. The summed E-state index contributed by atoms with van der Waals surface area (Å²) in [4.78, 5) is 0. The molecular weight excluding hydrogens is 284 g/mol. The van der Waals surface area contributed by atoms with Crippen LogP contribution in [-0.4, -0.2) is 34.7 Å². The van der Waals surface area contributed by atoms with Gasteiger partial charge in [0.15, 0.2) is 0 Å². The van der Waals surface area contributed by atoms with E-state index >= 15 is 0 Å². The van der Waals surface area contributed by atoms with E-state index in [2.05, 4.69) is 28.0 Å². The predicted molar refractivity (Wildman–Crippen MR) is 68.9 cm³/mol. The van der Waals surface area contributed by atoms with Crippen molar-refractivity contribution in [3.05, 3.63) is 15.9 Å². The lowest BCUT2D eigenvalue weighted by atomic mass is 9.83. The fourth-order valence-electron chi connectivity index (χ4n) is 2.34. The largest absolute Gasteiger partial charge is 0.396 e. The van der Waals surface area contributed by atoms with E-state index in [1.54, 1.807) is 0 Å². The lowest BCUT2D eigenvalue weighted by Gasteiger charge is -2.24. The SMILES string of the molecule is CCc1nn(C)c(CC2(CO)CCOC2)c1Br. The molecule has 4 nitrogen and oxygen atoms in total. The number of aromatic nitrogens is 2. The number of halogens is 1. The number of hydrogen-bond acceptors (Lipinski definition) is 3. The van der Waals surface area contributed by atoms with Gasteiger partial charge in [-0.1, -0.05) is 6.92 Å². The summed E-state index contributed by atoms with van der Waals surface area (Å²) in [5, 5.41) is 14.1. The maximum atomic E-state index is 9.60. The lowest BCUT2D eigenvalue weighted by molar-refractivity contribution is 0.0919. The Morgan fingerprint density at radius 3 is 2.82 bits per heavy atom. The summed E-state index contributed by atoms with van der Waals surface area (Å²) in [5.41, 5.74) is 2.11. The average Bonchev–Trinajstić information content (AvgIpc) is 2.90. The van der Waals surface area contributed by atoms with E-state index in [1.807, 2.05) is 11.7 Å². The molecule has 2 rings (SSSR count). The molecule has 1 N–H and O–H groups in total.